The molecule has 1 aliphatic rings. The molecule has 10 heavy (non-hydrogen) atoms. The zero-order valence-electron chi connectivity index (χ0n) is 5.71. The van der Waals surface area contributed by atoms with Crippen molar-refractivity contribution < 1.29 is 4.79 Å². The van der Waals surface area contributed by atoms with Gasteiger partial charge in [0, 0.05) is 0 Å². The van der Waals surface area contributed by atoms with Crippen LogP contribution in [-0.2, 0) is 0 Å². The summed E-state index contributed by atoms with van der Waals surface area (Å²) in [5.41, 5.74) is 0. The first-order valence-corrected chi connectivity index (χ1v) is 3.17. The first-order valence-electron chi connectivity index (χ1n) is 3.17. The average molecular weight is 141 g/mol. The third-order valence-corrected chi connectivity index (χ3v) is 1.46. The van der Waals surface area contributed by atoms with Gasteiger partial charge in [0.1, 0.15) is 0 Å². The fourth-order valence-corrected chi connectivity index (χ4v) is 0.958. The van der Waals surface area contributed by atoms with Gasteiger partial charge < -0.3 is 5.32 Å². The molecule has 1 rings (SSSR count). The number of carbonyl (C=O) groups excluding carboxylic acids is 1. The molecule has 1 aliphatic heterocycles. The van der Waals surface area contributed by atoms with Gasteiger partial charge in [0.05, 0.1) is 12.6 Å². The normalized spacial score (nSPS) is 24.7. The number of urea groups is 1. The van der Waals surface area contributed by atoms with Gasteiger partial charge in [0.2, 0.25) is 0 Å². The highest BCUT2D eigenvalue weighted by Crippen LogP contribution is 2.02. The number of nitrogens with two attached hydrogens (primary N) is 1. The molecule has 0 aromatic carbocycles. The van der Waals surface area contributed by atoms with Crippen molar-refractivity contribution in [3.63, 3.8) is 0 Å². The highest BCUT2D eigenvalue weighted by molar-refractivity contribution is 5.76. The van der Waals surface area contributed by atoms with Crippen LogP contribution in [0.25, 0.3) is 0 Å². The van der Waals surface area contributed by atoms with Gasteiger partial charge in [-0.05, 0) is 6.42 Å². The van der Waals surface area contributed by atoms with Crippen LogP contribution in [0.1, 0.15) is 6.42 Å². The topological polar surface area (TPSA) is 58.4 Å². The Hall–Kier alpha value is -1.03. The second kappa shape index (κ2) is 2.70. The van der Waals surface area contributed by atoms with E-state index >= 15 is 0 Å². The lowest BCUT2D eigenvalue weighted by atomic mass is 10.2. The molecule has 1 unspecified atom stereocenters. The van der Waals surface area contributed by atoms with E-state index < -0.39 is 0 Å². The molecule has 4 heteroatoms. The molecule has 1 atom stereocenters. The Labute approximate surface area is 59.6 Å². The lowest BCUT2D eigenvalue weighted by Crippen LogP contribution is -2.34. The molecule has 1 fully saturated rings. The molecule has 1 heterocycles. The summed E-state index contributed by atoms with van der Waals surface area (Å²) in [5, 5.41) is 3.87. The predicted octanol–water partition coefficient (Wildman–Crippen LogP) is -0.170. The molecule has 0 radical (unpaired) electrons. The molecule has 2 amide bonds. The van der Waals surface area contributed by atoms with Gasteiger partial charge in [0.15, 0.2) is 0 Å². The third-order valence-electron chi connectivity index (χ3n) is 1.46. The van der Waals surface area contributed by atoms with Crippen LogP contribution in [-0.4, -0.2) is 23.6 Å². The van der Waals surface area contributed by atoms with Gasteiger partial charge in [-0.1, -0.05) is 6.08 Å². The minimum Gasteiger partial charge on any atom is -0.332 e. The summed E-state index contributed by atoms with van der Waals surface area (Å²) >= 11 is 0. The maximum Gasteiger partial charge on any atom is 0.331 e. The van der Waals surface area contributed by atoms with Gasteiger partial charge >= 0.3 is 6.03 Å². The zero-order valence-corrected chi connectivity index (χ0v) is 5.71. The monoisotopic (exact) mass is 141 g/mol. The van der Waals surface area contributed by atoms with Crippen molar-refractivity contribution in [2.45, 2.75) is 12.5 Å². The van der Waals surface area contributed by atoms with Crippen molar-refractivity contribution in [1.82, 2.24) is 10.3 Å². The van der Waals surface area contributed by atoms with Gasteiger partial charge in [0.25, 0.3) is 0 Å². The number of hydrogen-bond acceptors (Lipinski definition) is 2. The summed E-state index contributed by atoms with van der Waals surface area (Å²) in [7, 11) is 0. The Kier molecular flexibility index (Phi) is 1.91. The molecule has 3 N–H and O–H groups in total. The minimum atomic E-state index is -0.202. The molecule has 56 valence electrons. The van der Waals surface area contributed by atoms with Crippen LogP contribution < -0.4 is 11.2 Å². The van der Waals surface area contributed by atoms with E-state index in [0.29, 0.717) is 6.54 Å². The van der Waals surface area contributed by atoms with E-state index in [9.17, 15) is 4.79 Å². The summed E-state index contributed by atoms with van der Waals surface area (Å²) in [6.07, 6.45) is 2.55. The largest absolute Gasteiger partial charge is 0.332 e. The van der Waals surface area contributed by atoms with E-state index in [1.807, 2.05) is 0 Å². The second-order valence-corrected chi connectivity index (χ2v) is 2.32. The lowest BCUT2D eigenvalue weighted by molar-refractivity contribution is 0.218. The van der Waals surface area contributed by atoms with Crippen molar-refractivity contribution >= 4 is 6.03 Å². The van der Waals surface area contributed by atoms with Crippen LogP contribution >= 0.6 is 0 Å². The third kappa shape index (κ3) is 1.27. The number of amides is 2. The number of rotatable bonds is 2. The van der Waals surface area contributed by atoms with Crippen LogP contribution in [0, 0.1) is 0 Å². The summed E-state index contributed by atoms with van der Waals surface area (Å²) in [6, 6.07) is -0.0538. The van der Waals surface area contributed by atoms with E-state index in [0.717, 1.165) is 6.42 Å². The number of hydrogen-bond donors (Lipinski definition) is 2. The first-order chi connectivity index (χ1) is 4.74. The van der Waals surface area contributed by atoms with Crippen molar-refractivity contribution in [1.29, 1.82) is 0 Å². The highest BCUT2D eigenvalue weighted by Gasteiger charge is 2.24. The lowest BCUT2D eigenvalue weighted by Gasteiger charge is -2.04. The quantitative estimate of drug-likeness (QED) is 0.318. The van der Waals surface area contributed by atoms with Crippen molar-refractivity contribution in [2.24, 2.45) is 5.84 Å². The van der Waals surface area contributed by atoms with Crippen LogP contribution in [0.3, 0.4) is 0 Å². The molecule has 0 bridgehead atoms. The molecular weight excluding hydrogens is 130 g/mol. The Morgan fingerprint density at radius 1 is 2.00 bits per heavy atom. The van der Waals surface area contributed by atoms with Gasteiger partial charge in [-0.15, -0.1) is 6.58 Å². The van der Waals surface area contributed by atoms with E-state index in [1.165, 1.54) is 5.01 Å². The van der Waals surface area contributed by atoms with Gasteiger partial charge in [-0.3, -0.25) is 5.01 Å². The van der Waals surface area contributed by atoms with Crippen LogP contribution in [0.2, 0.25) is 0 Å². The number of hydrazine groups is 1. The fourth-order valence-electron chi connectivity index (χ4n) is 0.958. The number of nitrogens with zero attached hydrogens (tertiary/aromatic N) is 1. The first kappa shape index (κ1) is 7.08. The second-order valence-electron chi connectivity index (χ2n) is 2.32. The summed E-state index contributed by atoms with van der Waals surface area (Å²) < 4.78 is 0. The van der Waals surface area contributed by atoms with Gasteiger partial charge in [-0.25, -0.2) is 10.6 Å². The average Bonchev–Trinajstić information content (AvgIpc) is 2.14. The molecule has 0 spiro atoms. The Morgan fingerprint density at radius 3 is 3.10 bits per heavy atom. The van der Waals surface area contributed by atoms with Crippen LogP contribution in [0.5, 0.6) is 0 Å². The van der Waals surface area contributed by atoms with Gasteiger partial charge in [-0.2, -0.15) is 0 Å². The summed E-state index contributed by atoms with van der Waals surface area (Å²) in [6.45, 7) is 4.14. The standard InChI is InChI=1S/C6H11N3O/c1-2-3-5-4-9(7)6(10)8-5/h2,5H,1,3-4,7H2,(H,8,10). The van der Waals surface area contributed by atoms with Crippen LogP contribution in [0.15, 0.2) is 12.7 Å². The zero-order chi connectivity index (χ0) is 7.56. The van der Waals surface area contributed by atoms with Crippen molar-refractivity contribution in [3.8, 4) is 0 Å². The highest BCUT2D eigenvalue weighted by atomic mass is 16.2. The minimum absolute atomic E-state index is 0.148. The Morgan fingerprint density at radius 2 is 2.70 bits per heavy atom. The van der Waals surface area contributed by atoms with Crippen LogP contribution in [0.4, 0.5) is 4.79 Å². The van der Waals surface area contributed by atoms with E-state index in [-0.39, 0.29) is 12.1 Å². The number of carbonyl (C=O) groups is 1. The van der Waals surface area contributed by atoms with Crippen molar-refractivity contribution in [2.75, 3.05) is 6.54 Å². The molecule has 1 saturated heterocycles. The Balaban J connectivity index is 2.41. The van der Waals surface area contributed by atoms with E-state index in [4.69, 9.17) is 5.84 Å². The Bertz CT molecular complexity index is 157. The molecular formula is C6H11N3O. The SMILES string of the molecule is C=CCC1CN(N)C(=O)N1. The molecule has 0 aliphatic carbocycles. The van der Waals surface area contributed by atoms with Crippen molar-refractivity contribution in [3.05, 3.63) is 12.7 Å². The molecule has 0 aromatic rings. The maximum atomic E-state index is 10.7. The molecule has 0 aromatic heterocycles. The van der Waals surface area contributed by atoms with E-state index in [2.05, 4.69) is 11.9 Å². The fraction of sp³-hybridized carbons (Fsp3) is 0.500. The molecule has 4 nitrogen and oxygen atoms in total. The molecule has 0 saturated carbocycles. The number of nitrogens with one attached hydrogen (secondary N) is 1. The smallest absolute Gasteiger partial charge is 0.331 e. The predicted molar refractivity (Wildman–Crippen MR) is 38.0 cm³/mol. The summed E-state index contributed by atoms with van der Waals surface area (Å²) in [4.78, 5) is 10.7. The van der Waals surface area contributed by atoms with E-state index in [1.54, 1.807) is 6.08 Å². The maximum absolute atomic E-state index is 10.7. The summed E-state index contributed by atoms with van der Waals surface area (Å²) in [5.74, 6) is 5.29.